The first kappa shape index (κ1) is 14.7. The van der Waals surface area contributed by atoms with E-state index < -0.39 is 0 Å². The van der Waals surface area contributed by atoms with Crippen LogP contribution < -0.4 is 11.1 Å². The molecule has 0 bridgehead atoms. The summed E-state index contributed by atoms with van der Waals surface area (Å²) in [6.45, 7) is 2.35. The molecule has 1 aromatic rings. The van der Waals surface area contributed by atoms with Crippen molar-refractivity contribution in [2.24, 2.45) is 5.73 Å². The molecule has 3 heteroatoms. The first-order chi connectivity index (χ1) is 10.8. The van der Waals surface area contributed by atoms with Crippen LogP contribution in [-0.2, 0) is 0 Å². The van der Waals surface area contributed by atoms with Crippen molar-refractivity contribution in [3.8, 4) is 0 Å². The number of benzene rings is 1. The van der Waals surface area contributed by atoms with Crippen LogP contribution in [0.15, 0.2) is 30.3 Å². The molecule has 3 fully saturated rings. The molecule has 1 heterocycles. The van der Waals surface area contributed by atoms with E-state index >= 15 is 0 Å². The standard InChI is InChI=1S/C19H29N3/c20-15-10-11-22(13-15)17-8-6-16(7-9-17)21-19-12-18(19)14-4-2-1-3-5-14/h1-5,15-19,21H,6-13,20H2/t15?,16?,17?,18-,19+/m0/s1. The Bertz CT molecular complexity index is 481. The second-order valence-electron chi connectivity index (χ2n) is 7.58. The quantitative estimate of drug-likeness (QED) is 0.897. The Hall–Kier alpha value is -0.900. The SMILES string of the molecule is NC1CCN(C2CCC(N[C@@H]3C[C@H]3c3ccccc3)CC2)C1. The van der Waals surface area contributed by atoms with Gasteiger partial charge < -0.3 is 11.1 Å². The molecule has 3 atom stereocenters. The maximum Gasteiger partial charge on any atom is 0.0180 e. The fourth-order valence-corrected chi connectivity index (χ4v) is 4.51. The van der Waals surface area contributed by atoms with Gasteiger partial charge >= 0.3 is 0 Å². The molecule has 1 aliphatic heterocycles. The monoisotopic (exact) mass is 299 g/mol. The van der Waals surface area contributed by atoms with E-state index in [1.807, 2.05) is 0 Å². The lowest BCUT2D eigenvalue weighted by atomic mass is 9.90. The summed E-state index contributed by atoms with van der Waals surface area (Å²) in [5.41, 5.74) is 7.56. The normalized spacial score (nSPS) is 39.0. The predicted molar refractivity (Wildman–Crippen MR) is 90.9 cm³/mol. The highest BCUT2D eigenvalue weighted by atomic mass is 15.2. The average Bonchev–Trinajstić information content (AvgIpc) is 3.19. The van der Waals surface area contributed by atoms with Crippen LogP contribution in [0.1, 0.15) is 50.0 Å². The van der Waals surface area contributed by atoms with Crippen LogP contribution in [0.5, 0.6) is 0 Å². The molecule has 1 saturated heterocycles. The third-order valence-electron chi connectivity index (χ3n) is 5.94. The number of rotatable bonds is 4. The Labute approximate surface area is 134 Å². The molecule has 3 nitrogen and oxygen atoms in total. The second-order valence-corrected chi connectivity index (χ2v) is 7.58. The third-order valence-corrected chi connectivity index (χ3v) is 5.94. The molecule has 0 aromatic heterocycles. The van der Waals surface area contributed by atoms with Crippen molar-refractivity contribution in [3.63, 3.8) is 0 Å². The summed E-state index contributed by atoms with van der Waals surface area (Å²) in [6.07, 6.45) is 7.91. The molecule has 2 aliphatic carbocycles. The van der Waals surface area contributed by atoms with Crippen LogP contribution in [0.25, 0.3) is 0 Å². The summed E-state index contributed by atoms with van der Waals surface area (Å²) >= 11 is 0. The first-order valence-electron chi connectivity index (χ1n) is 9.10. The van der Waals surface area contributed by atoms with Gasteiger partial charge in [-0.3, -0.25) is 4.90 Å². The Morgan fingerprint density at radius 1 is 1.00 bits per heavy atom. The molecule has 0 spiro atoms. The van der Waals surface area contributed by atoms with Gasteiger partial charge in [-0.2, -0.15) is 0 Å². The molecule has 22 heavy (non-hydrogen) atoms. The van der Waals surface area contributed by atoms with E-state index in [2.05, 4.69) is 40.5 Å². The number of likely N-dealkylation sites (tertiary alicyclic amines) is 1. The Morgan fingerprint density at radius 3 is 2.45 bits per heavy atom. The van der Waals surface area contributed by atoms with Crippen molar-refractivity contribution in [1.82, 2.24) is 10.2 Å². The number of nitrogens with one attached hydrogen (secondary N) is 1. The largest absolute Gasteiger partial charge is 0.326 e. The third kappa shape index (κ3) is 3.22. The smallest absolute Gasteiger partial charge is 0.0180 e. The van der Waals surface area contributed by atoms with Crippen LogP contribution in [0, 0.1) is 0 Å². The summed E-state index contributed by atoms with van der Waals surface area (Å²) in [7, 11) is 0. The van der Waals surface area contributed by atoms with E-state index in [0.29, 0.717) is 6.04 Å². The van der Waals surface area contributed by atoms with Gasteiger partial charge in [0, 0.05) is 43.2 Å². The molecular weight excluding hydrogens is 270 g/mol. The Morgan fingerprint density at radius 2 is 1.77 bits per heavy atom. The number of nitrogens with two attached hydrogens (primary N) is 1. The van der Waals surface area contributed by atoms with Crippen molar-refractivity contribution in [1.29, 1.82) is 0 Å². The van der Waals surface area contributed by atoms with Gasteiger partial charge in [0.1, 0.15) is 0 Å². The van der Waals surface area contributed by atoms with E-state index in [1.54, 1.807) is 0 Å². The molecule has 0 amide bonds. The van der Waals surface area contributed by atoms with Crippen molar-refractivity contribution >= 4 is 0 Å². The Balaban J connectivity index is 1.22. The number of hydrogen-bond acceptors (Lipinski definition) is 3. The summed E-state index contributed by atoms with van der Waals surface area (Å²) in [5.74, 6) is 0.760. The van der Waals surface area contributed by atoms with Gasteiger partial charge in [0.05, 0.1) is 0 Å². The van der Waals surface area contributed by atoms with E-state index in [0.717, 1.165) is 30.6 Å². The molecule has 4 rings (SSSR count). The fourth-order valence-electron chi connectivity index (χ4n) is 4.51. The highest BCUT2D eigenvalue weighted by molar-refractivity contribution is 5.27. The minimum atomic E-state index is 0.425. The highest BCUT2D eigenvalue weighted by Gasteiger charge is 2.40. The van der Waals surface area contributed by atoms with Crippen LogP contribution >= 0.6 is 0 Å². The van der Waals surface area contributed by atoms with Gasteiger partial charge in [0.15, 0.2) is 0 Å². The average molecular weight is 299 g/mol. The van der Waals surface area contributed by atoms with Crippen molar-refractivity contribution in [2.45, 2.75) is 68.6 Å². The first-order valence-corrected chi connectivity index (χ1v) is 9.10. The van der Waals surface area contributed by atoms with Crippen LogP contribution in [-0.4, -0.2) is 42.2 Å². The van der Waals surface area contributed by atoms with E-state index in [-0.39, 0.29) is 0 Å². The summed E-state index contributed by atoms with van der Waals surface area (Å²) < 4.78 is 0. The van der Waals surface area contributed by atoms with Crippen LogP contribution in [0.2, 0.25) is 0 Å². The molecule has 2 saturated carbocycles. The highest BCUT2D eigenvalue weighted by Crippen LogP contribution is 2.41. The number of nitrogens with zero attached hydrogens (tertiary/aromatic N) is 1. The minimum Gasteiger partial charge on any atom is -0.326 e. The van der Waals surface area contributed by atoms with E-state index in [1.165, 1.54) is 50.6 Å². The minimum absolute atomic E-state index is 0.425. The van der Waals surface area contributed by atoms with Crippen molar-refractivity contribution < 1.29 is 0 Å². The molecule has 3 aliphatic rings. The molecule has 120 valence electrons. The van der Waals surface area contributed by atoms with Gasteiger partial charge in [0.2, 0.25) is 0 Å². The lowest BCUT2D eigenvalue weighted by Gasteiger charge is -2.35. The zero-order chi connectivity index (χ0) is 14.9. The lowest BCUT2D eigenvalue weighted by molar-refractivity contribution is 0.171. The van der Waals surface area contributed by atoms with Crippen molar-refractivity contribution in [3.05, 3.63) is 35.9 Å². The maximum atomic E-state index is 6.05. The predicted octanol–water partition coefficient (Wildman–Crippen LogP) is 2.48. The Kier molecular flexibility index (Phi) is 4.21. The van der Waals surface area contributed by atoms with E-state index in [9.17, 15) is 0 Å². The summed E-state index contributed by atoms with van der Waals surface area (Å²) in [5, 5.41) is 3.92. The summed E-state index contributed by atoms with van der Waals surface area (Å²) in [6, 6.07) is 13.7. The second kappa shape index (κ2) is 6.31. The molecule has 0 radical (unpaired) electrons. The van der Waals surface area contributed by atoms with Gasteiger partial charge in [-0.15, -0.1) is 0 Å². The van der Waals surface area contributed by atoms with Gasteiger partial charge in [0.25, 0.3) is 0 Å². The molecule has 1 aromatic carbocycles. The van der Waals surface area contributed by atoms with Crippen LogP contribution in [0.3, 0.4) is 0 Å². The van der Waals surface area contributed by atoms with E-state index in [4.69, 9.17) is 5.73 Å². The van der Waals surface area contributed by atoms with Gasteiger partial charge in [-0.1, -0.05) is 30.3 Å². The van der Waals surface area contributed by atoms with Gasteiger partial charge in [-0.25, -0.2) is 0 Å². The van der Waals surface area contributed by atoms with Gasteiger partial charge in [-0.05, 0) is 44.1 Å². The van der Waals surface area contributed by atoms with Crippen LogP contribution in [0.4, 0.5) is 0 Å². The molecule has 1 unspecified atom stereocenters. The maximum absolute atomic E-state index is 6.05. The lowest BCUT2D eigenvalue weighted by Crippen LogP contribution is -2.43. The topological polar surface area (TPSA) is 41.3 Å². The van der Waals surface area contributed by atoms with Crippen molar-refractivity contribution in [2.75, 3.05) is 13.1 Å². The zero-order valence-electron chi connectivity index (χ0n) is 13.5. The summed E-state index contributed by atoms with van der Waals surface area (Å²) in [4.78, 5) is 2.64. The zero-order valence-corrected chi connectivity index (χ0v) is 13.5. The number of hydrogen-bond donors (Lipinski definition) is 2. The molecule has 3 N–H and O–H groups in total. The molecular formula is C19H29N3. The fraction of sp³-hybridized carbons (Fsp3) is 0.684.